The van der Waals surface area contributed by atoms with Gasteiger partial charge in [-0.15, -0.1) is 0 Å². The smallest absolute Gasteiger partial charge is 0.303 e. The number of carbonyl (C=O) groups excluding carboxylic acids is 2. The van der Waals surface area contributed by atoms with E-state index in [4.69, 9.17) is 5.11 Å². The number of hydrogen-bond acceptors (Lipinski definition) is 3. The molecule has 0 aromatic heterocycles. The van der Waals surface area contributed by atoms with E-state index in [-0.39, 0.29) is 18.1 Å². The van der Waals surface area contributed by atoms with E-state index in [1.807, 2.05) is 0 Å². The van der Waals surface area contributed by atoms with Gasteiger partial charge in [-0.1, -0.05) is 12.8 Å². The zero-order valence-corrected chi connectivity index (χ0v) is 9.78. The average Bonchev–Trinajstić information content (AvgIpc) is 2.14. The van der Waals surface area contributed by atoms with Gasteiger partial charge in [0, 0.05) is 13.3 Å². The maximum absolute atomic E-state index is 11.1. The third kappa shape index (κ3) is 7.96. The molecule has 0 rings (SSSR count). The van der Waals surface area contributed by atoms with Gasteiger partial charge in [-0.05, 0) is 19.8 Å². The van der Waals surface area contributed by atoms with Gasteiger partial charge >= 0.3 is 5.97 Å². The van der Waals surface area contributed by atoms with Crippen molar-refractivity contribution >= 4 is 17.7 Å². The second kappa shape index (κ2) is 7.84. The monoisotopic (exact) mass is 229 g/mol. The highest BCUT2D eigenvalue weighted by Gasteiger charge is 2.14. The van der Waals surface area contributed by atoms with E-state index in [1.54, 1.807) is 0 Å². The summed E-state index contributed by atoms with van der Waals surface area (Å²) in [4.78, 5) is 32.2. The number of rotatable bonds is 8. The van der Waals surface area contributed by atoms with Crippen molar-refractivity contribution in [2.45, 2.75) is 52.0 Å². The number of carboxylic acid groups (broad SMARTS) is 1. The van der Waals surface area contributed by atoms with Gasteiger partial charge in [0.05, 0.1) is 6.04 Å². The maximum Gasteiger partial charge on any atom is 0.303 e. The van der Waals surface area contributed by atoms with Crippen LogP contribution in [0.4, 0.5) is 0 Å². The predicted molar refractivity (Wildman–Crippen MR) is 59.0 cm³/mol. The molecular formula is C11H19NO4. The summed E-state index contributed by atoms with van der Waals surface area (Å²) in [5, 5.41) is 11.0. The quantitative estimate of drug-likeness (QED) is 0.611. The van der Waals surface area contributed by atoms with Crippen LogP contribution in [0.1, 0.15) is 46.0 Å². The molecule has 0 saturated heterocycles. The Bertz CT molecular complexity index is 263. The van der Waals surface area contributed by atoms with Crippen molar-refractivity contribution < 1.29 is 19.5 Å². The number of ketones is 1. The summed E-state index contributed by atoms with van der Waals surface area (Å²) in [5.74, 6) is -1.08. The third-order valence-electron chi connectivity index (χ3n) is 2.25. The van der Waals surface area contributed by atoms with Gasteiger partial charge in [0.25, 0.3) is 0 Å². The van der Waals surface area contributed by atoms with Crippen molar-refractivity contribution in [2.24, 2.45) is 0 Å². The van der Waals surface area contributed by atoms with Crippen molar-refractivity contribution in [3.8, 4) is 0 Å². The molecule has 0 radical (unpaired) electrons. The lowest BCUT2D eigenvalue weighted by atomic mass is 10.0. The van der Waals surface area contributed by atoms with Gasteiger partial charge in [-0.3, -0.25) is 14.4 Å². The number of Topliss-reactive ketones (excluding diaryl/α,β-unsaturated/α-hetero) is 1. The standard InChI is InChI=1S/C11H19NO4/c1-8(13)10(12-9(2)14)6-4-3-5-7-11(15)16/h10H,3-7H2,1-2H3,(H,12,14)(H,15,16). The van der Waals surface area contributed by atoms with Crippen molar-refractivity contribution in [3.63, 3.8) is 0 Å². The molecule has 16 heavy (non-hydrogen) atoms. The van der Waals surface area contributed by atoms with Crippen LogP contribution in [0.2, 0.25) is 0 Å². The Morgan fingerprint density at radius 3 is 2.19 bits per heavy atom. The fourth-order valence-electron chi connectivity index (χ4n) is 1.42. The van der Waals surface area contributed by atoms with E-state index >= 15 is 0 Å². The number of amides is 1. The van der Waals surface area contributed by atoms with E-state index in [9.17, 15) is 14.4 Å². The first-order valence-corrected chi connectivity index (χ1v) is 5.43. The number of carboxylic acids is 1. The topological polar surface area (TPSA) is 83.5 Å². The van der Waals surface area contributed by atoms with Gasteiger partial charge in [-0.2, -0.15) is 0 Å². The van der Waals surface area contributed by atoms with Crippen molar-refractivity contribution in [2.75, 3.05) is 0 Å². The van der Waals surface area contributed by atoms with Crippen molar-refractivity contribution in [3.05, 3.63) is 0 Å². The van der Waals surface area contributed by atoms with Gasteiger partial charge in [-0.25, -0.2) is 0 Å². The lowest BCUT2D eigenvalue weighted by Crippen LogP contribution is -2.38. The molecule has 1 atom stereocenters. The molecule has 0 aromatic rings. The largest absolute Gasteiger partial charge is 0.481 e. The number of carbonyl (C=O) groups is 3. The highest BCUT2D eigenvalue weighted by Crippen LogP contribution is 2.06. The normalized spacial score (nSPS) is 11.9. The van der Waals surface area contributed by atoms with Crippen molar-refractivity contribution in [1.29, 1.82) is 0 Å². The Morgan fingerprint density at radius 1 is 1.12 bits per heavy atom. The maximum atomic E-state index is 11.1. The van der Waals surface area contributed by atoms with Crippen LogP contribution in [0.5, 0.6) is 0 Å². The number of hydrogen-bond donors (Lipinski definition) is 2. The minimum Gasteiger partial charge on any atom is -0.481 e. The zero-order chi connectivity index (χ0) is 12.6. The molecule has 0 spiro atoms. The molecule has 0 heterocycles. The predicted octanol–water partition coefficient (Wildman–Crippen LogP) is 1.12. The lowest BCUT2D eigenvalue weighted by molar-refractivity contribution is -0.137. The van der Waals surface area contributed by atoms with Crippen LogP contribution in [0.3, 0.4) is 0 Å². The van der Waals surface area contributed by atoms with E-state index in [0.717, 1.165) is 12.8 Å². The SMILES string of the molecule is CC(=O)NC(CCCCCC(=O)O)C(C)=O. The van der Waals surface area contributed by atoms with Crippen LogP contribution < -0.4 is 5.32 Å². The molecule has 1 amide bonds. The molecule has 92 valence electrons. The molecule has 0 aliphatic heterocycles. The van der Waals surface area contributed by atoms with Crippen LogP contribution in [0.25, 0.3) is 0 Å². The van der Waals surface area contributed by atoms with Crippen LogP contribution in [-0.4, -0.2) is 28.8 Å². The molecule has 2 N–H and O–H groups in total. The number of nitrogens with one attached hydrogen (secondary N) is 1. The van der Waals surface area contributed by atoms with E-state index in [0.29, 0.717) is 12.8 Å². The van der Waals surface area contributed by atoms with Gasteiger partial charge in [0.2, 0.25) is 5.91 Å². The van der Waals surface area contributed by atoms with Crippen molar-refractivity contribution in [1.82, 2.24) is 5.32 Å². The van der Waals surface area contributed by atoms with Gasteiger partial charge in [0.15, 0.2) is 5.78 Å². The Balaban J connectivity index is 3.72. The molecule has 1 unspecified atom stereocenters. The second-order valence-corrected chi connectivity index (χ2v) is 3.86. The van der Waals surface area contributed by atoms with Gasteiger partial charge < -0.3 is 10.4 Å². The Morgan fingerprint density at radius 2 is 1.75 bits per heavy atom. The first-order valence-electron chi connectivity index (χ1n) is 5.43. The minimum atomic E-state index is -0.801. The highest BCUT2D eigenvalue weighted by molar-refractivity contribution is 5.86. The summed E-state index contributed by atoms with van der Waals surface area (Å²) in [6.45, 7) is 2.82. The summed E-state index contributed by atoms with van der Waals surface area (Å²) in [5.41, 5.74) is 0. The molecule has 0 fully saturated rings. The fourth-order valence-corrected chi connectivity index (χ4v) is 1.42. The molecule has 0 bridgehead atoms. The second-order valence-electron chi connectivity index (χ2n) is 3.86. The lowest BCUT2D eigenvalue weighted by Gasteiger charge is -2.14. The number of unbranched alkanes of at least 4 members (excludes halogenated alkanes) is 2. The summed E-state index contributed by atoms with van der Waals surface area (Å²) < 4.78 is 0. The zero-order valence-electron chi connectivity index (χ0n) is 9.78. The fraction of sp³-hybridized carbons (Fsp3) is 0.727. The van der Waals surface area contributed by atoms with E-state index in [2.05, 4.69) is 5.32 Å². The third-order valence-corrected chi connectivity index (χ3v) is 2.25. The minimum absolute atomic E-state index is 0.0616. The van der Waals surface area contributed by atoms with Crippen LogP contribution >= 0.6 is 0 Å². The molecule has 0 aromatic carbocycles. The van der Waals surface area contributed by atoms with Crippen LogP contribution in [0.15, 0.2) is 0 Å². The summed E-state index contributed by atoms with van der Waals surface area (Å²) in [6.07, 6.45) is 2.85. The van der Waals surface area contributed by atoms with Crippen LogP contribution in [-0.2, 0) is 14.4 Å². The number of aliphatic carboxylic acids is 1. The summed E-state index contributed by atoms with van der Waals surface area (Å²) >= 11 is 0. The molecule has 0 aliphatic carbocycles. The summed E-state index contributed by atoms with van der Waals surface area (Å²) in [6, 6.07) is -0.428. The highest BCUT2D eigenvalue weighted by atomic mass is 16.4. The van der Waals surface area contributed by atoms with Gasteiger partial charge in [0.1, 0.15) is 0 Å². The molecule has 5 nitrogen and oxygen atoms in total. The van der Waals surface area contributed by atoms with E-state index in [1.165, 1.54) is 13.8 Å². The molecule has 0 aliphatic rings. The Hall–Kier alpha value is -1.39. The average molecular weight is 229 g/mol. The summed E-state index contributed by atoms with van der Waals surface area (Å²) in [7, 11) is 0. The van der Waals surface area contributed by atoms with E-state index < -0.39 is 12.0 Å². The molecule has 5 heteroatoms. The first kappa shape index (κ1) is 14.6. The van der Waals surface area contributed by atoms with Crippen LogP contribution in [0, 0.1) is 0 Å². The Labute approximate surface area is 95.2 Å². The molecular weight excluding hydrogens is 210 g/mol. The first-order chi connectivity index (χ1) is 7.43. The molecule has 0 saturated carbocycles. The Kier molecular flexibility index (Phi) is 7.16.